The average molecular weight is 269 g/mol. The smallest absolute Gasteiger partial charge is 0.125 e. The Kier molecular flexibility index (Phi) is 5.19. The van der Waals surface area contributed by atoms with Gasteiger partial charge in [0, 0.05) is 6.42 Å². The SMILES string of the molecule is CNCCC(Oc1ccc(C)cc1)c1ccc(C)cc1. The third kappa shape index (κ3) is 4.10. The highest BCUT2D eigenvalue weighted by Gasteiger charge is 2.12. The molecule has 0 spiro atoms. The van der Waals surface area contributed by atoms with Gasteiger partial charge in [-0.25, -0.2) is 0 Å². The van der Waals surface area contributed by atoms with Gasteiger partial charge < -0.3 is 10.1 Å². The summed E-state index contributed by atoms with van der Waals surface area (Å²) >= 11 is 0. The Morgan fingerprint density at radius 3 is 2.00 bits per heavy atom. The van der Waals surface area contributed by atoms with Crippen molar-refractivity contribution >= 4 is 0 Å². The molecule has 1 unspecified atom stereocenters. The van der Waals surface area contributed by atoms with Gasteiger partial charge in [-0.15, -0.1) is 0 Å². The zero-order valence-corrected chi connectivity index (χ0v) is 12.5. The maximum Gasteiger partial charge on any atom is 0.125 e. The summed E-state index contributed by atoms with van der Waals surface area (Å²) in [6.45, 7) is 5.12. The maximum atomic E-state index is 6.16. The monoisotopic (exact) mass is 269 g/mol. The van der Waals surface area contributed by atoms with E-state index in [-0.39, 0.29) is 6.10 Å². The summed E-state index contributed by atoms with van der Waals surface area (Å²) in [6.07, 6.45) is 1.04. The number of nitrogens with one attached hydrogen (secondary N) is 1. The molecule has 0 aliphatic rings. The summed E-state index contributed by atoms with van der Waals surface area (Å²) in [7, 11) is 1.97. The highest BCUT2D eigenvalue weighted by atomic mass is 16.5. The highest BCUT2D eigenvalue weighted by molar-refractivity contribution is 5.29. The highest BCUT2D eigenvalue weighted by Crippen LogP contribution is 2.25. The van der Waals surface area contributed by atoms with Crippen molar-refractivity contribution in [3.05, 3.63) is 65.2 Å². The van der Waals surface area contributed by atoms with Gasteiger partial charge >= 0.3 is 0 Å². The predicted molar refractivity (Wildman–Crippen MR) is 84.3 cm³/mol. The molecule has 0 bridgehead atoms. The van der Waals surface area contributed by atoms with Crippen LogP contribution in [0.3, 0.4) is 0 Å². The van der Waals surface area contributed by atoms with Gasteiger partial charge in [0.05, 0.1) is 0 Å². The van der Waals surface area contributed by atoms with Crippen molar-refractivity contribution in [3.8, 4) is 5.75 Å². The fraction of sp³-hybridized carbons (Fsp3) is 0.333. The molecule has 20 heavy (non-hydrogen) atoms. The van der Waals surface area contributed by atoms with Crippen LogP contribution >= 0.6 is 0 Å². The van der Waals surface area contributed by atoms with Crippen LogP contribution in [0.4, 0.5) is 0 Å². The van der Waals surface area contributed by atoms with E-state index in [1.54, 1.807) is 0 Å². The number of rotatable bonds is 6. The molecule has 0 amide bonds. The summed E-state index contributed by atoms with van der Waals surface area (Å²) < 4.78 is 6.16. The zero-order chi connectivity index (χ0) is 14.4. The van der Waals surface area contributed by atoms with Crippen LogP contribution in [0.2, 0.25) is 0 Å². The molecular formula is C18H23NO. The molecule has 1 N–H and O–H groups in total. The first-order valence-corrected chi connectivity index (χ1v) is 7.13. The molecule has 2 aromatic rings. The van der Waals surface area contributed by atoms with E-state index in [2.05, 4.69) is 55.6 Å². The maximum absolute atomic E-state index is 6.16. The third-order valence-corrected chi connectivity index (χ3v) is 3.40. The molecule has 1 atom stereocenters. The minimum Gasteiger partial charge on any atom is -0.486 e. The van der Waals surface area contributed by atoms with E-state index in [1.807, 2.05) is 19.2 Å². The molecule has 0 aliphatic heterocycles. The lowest BCUT2D eigenvalue weighted by Crippen LogP contribution is -2.16. The molecule has 0 fully saturated rings. The van der Waals surface area contributed by atoms with Crippen LogP contribution in [0.5, 0.6) is 5.75 Å². The third-order valence-electron chi connectivity index (χ3n) is 3.40. The Morgan fingerprint density at radius 1 is 0.900 bits per heavy atom. The van der Waals surface area contributed by atoms with Crippen molar-refractivity contribution in [2.24, 2.45) is 0 Å². The number of hydrogen-bond donors (Lipinski definition) is 1. The molecule has 2 rings (SSSR count). The van der Waals surface area contributed by atoms with E-state index in [0.717, 1.165) is 18.7 Å². The summed E-state index contributed by atoms with van der Waals surface area (Å²) in [6, 6.07) is 16.8. The molecule has 0 heterocycles. The lowest BCUT2D eigenvalue weighted by atomic mass is 10.0. The minimum absolute atomic E-state index is 0.0887. The van der Waals surface area contributed by atoms with Crippen LogP contribution in [-0.4, -0.2) is 13.6 Å². The van der Waals surface area contributed by atoms with Crippen molar-refractivity contribution in [3.63, 3.8) is 0 Å². The van der Waals surface area contributed by atoms with Gasteiger partial charge in [0.1, 0.15) is 11.9 Å². The molecule has 106 valence electrons. The van der Waals surface area contributed by atoms with Crippen molar-refractivity contribution in [1.29, 1.82) is 0 Å². The molecule has 2 heteroatoms. The normalized spacial score (nSPS) is 12.2. The molecule has 0 aromatic heterocycles. The van der Waals surface area contributed by atoms with Crippen LogP contribution < -0.4 is 10.1 Å². The fourth-order valence-corrected chi connectivity index (χ4v) is 2.13. The summed E-state index contributed by atoms with van der Waals surface area (Å²) in [4.78, 5) is 0. The van der Waals surface area contributed by atoms with Crippen LogP contribution in [0.15, 0.2) is 48.5 Å². The second-order valence-corrected chi connectivity index (χ2v) is 5.22. The molecule has 0 saturated heterocycles. The molecule has 0 radical (unpaired) electrons. The van der Waals surface area contributed by atoms with Gasteiger partial charge in [-0.05, 0) is 45.1 Å². The number of benzene rings is 2. The molecular weight excluding hydrogens is 246 g/mol. The van der Waals surface area contributed by atoms with E-state index in [9.17, 15) is 0 Å². The number of ether oxygens (including phenoxy) is 1. The molecule has 2 aromatic carbocycles. The molecule has 0 saturated carbocycles. The number of aryl methyl sites for hydroxylation is 2. The predicted octanol–water partition coefficient (Wildman–Crippen LogP) is 4.03. The van der Waals surface area contributed by atoms with Gasteiger partial charge in [0.2, 0.25) is 0 Å². The van der Waals surface area contributed by atoms with Crippen LogP contribution in [0.1, 0.15) is 29.2 Å². The first-order chi connectivity index (χ1) is 9.69. The second-order valence-electron chi connectivity index (χ2n) is 5.22. The Balaban J connectivity index is 2.14. The van der Waals surface area contributed by atoms with Gasteiger partial charge in [-0.3, -0.25) is 0 Å². The lowest BCUT2D eigenvalue weighted by Gasteiger charge is -2.20. The lowest BCUT2D eigenvalue weighted by molar-refractivity contribution is 0.195. The van der Waals surface area contributed by atoms with E-state index in [0.29, 0.717) is 0 Å². The number of hydrogen-bond acceptors (Lipinski definition) is 2. The standard InChI is InChI=1S/C18H23NO/c1-14-4-8-16(9-5-14)18(12-13-19-3)20-17-10-6-15(2)7-11-17/h4-11,18-19H,12-13H2,1-3H3. The fourth-order valence-electron chi connectivity index (χ4n) is 2.13. The van der Waals surface area contributed by atoms with Gasteiger partial charge in [0.25, 0.3) is 0 Å². The van der Waals surface area contributed by atoms with Crippen LogP contribution in [0, 0.1) is 13.8 Å². The van der Waals surface area contributed by atoms with E-state index >= 15 is 0 Å². The quantitative estimate of drug-likeness (QED) is 0.854. The largest absolute Gasteiger partial charge is 0.486 e. The van der Waals surface area contributed by atoms with E-state index in [1.165, 1.54) is 16.7 Å². The average Bonchev–Trinajstić information content (AvgIpc) is 2.46. The Hall–Kier alpha value is -1.80. The van der Waals surface area contributed by atoms with Crippen LogP contribution in [0.25, 0.3) is 0 Å². The van der Waals surface area contributed by atoms with Crippen molar-refractivity contribution in [2.45, 2.75) is 26.4 Å². The Bertz CT molecular complexity index is 516. The minimum atomic E-state index is 0.0887. The summed E-state index contributed by atoms with van der Waals surface area (Å²) in [5, 5.41) is 3.19. The summed E-state index contributed by atoms with van der Waals surface area (Å²) in [5.74, 6) is 0.928. The van der Waals surface area contributed by atoms with Gasteiger partial charge in [-0.2, -0.15) is 0 Å². The Morgan fingerprint density at radius 2 is 1.45 bits per heavy atom. The second kappa shape index (κ2) is 7.11. The Labute approximate surface area is 121 Å². The first-order valence-electron chi connectivity index (χ1n) is 7.13. The van der Waals surface area contributed by atoms with E-state index < -0.39 is 0 Å². The topological polar surface area (TPSA) is 21.3 Å². The van der Waals surface area contributed by atoms with E-state index in [4.69, 9.17) is 4.74 Å². The van der Waals surface area contributed by atoms with Crippen molar-refractivity contribution < 1.29 is 4.74 Å². The molecule has 0 aliphatic carbocycles. The van der Waals surface area contributed by atoms with Crippen molar-refractivity contribution in [2.75, 3.05) is 13.6 Å². The zero-order valence-electron chi connectivity index (χ0n) is 12.5. The first kappa shape index (κ1) is 14.6. The van der Waals surface area contributed by atoms with Gasteiger partial charge in [-0.1, -0.05) is 47.5 Å². The summed E-state index contributed by atoms with van der Waals surface area (Å²) in [5.41, 5.74) is 3.75. The van der Waals surface area contributed by atoms with Crippen LogP contribution in [-0.2, 0) is 0 Å². The van der Waals surface area contributed by atoms with Crippen molar-refractivity contribution in [1.82, 2.24) is 5.32 Å². The molecule has 2 nitrogen and oxygen atoms in total. The van der Waals surface area contributed by atoms with Gasteiger partial charge in [0.15, 0.2) is 0 Å².